The van der Waals surface area contributed by atoms with Crippen molar-refractivity contribution in [3.63, 3.8) is 0 Å². The third kappa shape index (κ3) is 5.49. The molecule has 2 aromatic rings. The molecule has 0 aliphatic carbocycles. The first-order chi connectivity index (χ1) is 11.2. The van der Waals surface area contributed by atoms with Crippen molar-refractivity contribution >= 4 is 11.7 Å². The summed E-state index contributed by atoms with van der Waals surface area (Å²) in [6.45, 7) is -0.0527. The van der Waals surface area contributed by atoms with Crippen molar-refractivity contribution in [1.29, 1.82) is 0 Å². The van der Waals surface area contributed by atoms with Crippen LogP contribution in [0.1, 0.15) is 11.3 Å². The standard InChI is InChI=1S/C15H12F5N3O/c16-12-2-1-10(6-13(12)17)23-14(24)22-8-9-3-4-21-11(5-9)7-15(18,19)20/h1-6H,7-8H2,(H2,22,23,24). The maximum atomic E-state index is 13.0. The molecular weight excluding hydrogens is 333 g/mol. The number of aromatic nitrogens is 1. The van der Waals surface area contributed by atoms with E-state index in [1.807, 2.05) is 0 Å². The number of alkyl halides is 3. The average Bonchev–Trinajstić information content (AvgIpc) is 2.48. The predicted molar refractivity (Wildman–Crippen MR) is 76.2 cm³/mol. The molecule has 0 bridgehead atoms. The van der Waals surface area contributed by atoms with Gasteiger partial charge in [0.05, 0.1) is 6.42 Å². The number of nitrogens with one attached hydrogen (secondary N) is 2. The number of urea groups is 1. The second-order valence-corrected chi connectivity index (χ2v) is 4.88. The fraction of sp³-hybridized carbons (Fsp3) is 0.200. The van der Waals surface area contributed by atoms with Crippen LogP contribution in [0.2, 0.25) is 0 Å². The Labute approximate surface area is 133 Å². The Morgan fingerprint density at radius 2 is 1.83 bits per heavy atom. The van der Waals surface area contributed by atoms with Gasteiger partial charge in [-0.1, -0.05) is 0 Å². The van der Waals surface area contributed by atoms with E-state index in [-0.39, 0.29) is 17.9 Å². The fourth-order valence-electron chi connectivity index (χ4n) is 1.87. The lowest BCUT2D eigenvalue weighted by atomic mass is 10.2. The molecule has 0 atom stereocenters. The molecule has 24 heavy (non-hydrogen) atoms. The number of halogens is 5. The van der Waals surface area contributed by atoms with E-state index in [0.29, 0.717) is 5.56 Å². The number of amides is 2. The molecule has 2 rings (SSSR count). The summed E-state index contributed by atoms with van der Waals surface area (Å²) in [6.07, 6.45) is -4.32. The molecular formula is C15H12F5N3O. The van der Waals surface area contributed by atoms with Gasteiger partial charge in [-0.25, -0.2) is 13.6 Å². The van der Waals surface area contributed by atoms with Crippen molar-refractivity contribution in [2.45, 2.75) is 19.1 Å². The van der Waals surface area contributed by atoms with Crippen LogP contribution in [-0.2, 0) is 13.0 Å². The average molecular weight is 345 g/mol. The molecule has 0 spiro atoms. The lowest BCUT2D eigenvalue weighted by Gasteiger charge is -2.10. The van der Waals surface area contributed by atoms with Crippen LogP contribution in [-0.4, -0.2) is 17.2 Å². The van der Waals surface area contributed by atoms with Crippen molar-refractivity contribution < 1.29 is 26.7 Å². The lowest BCUT2D eigenvalue weighted by molar-refractivity contribution is -0.127. The third-order valence-electron chi connectivity index (χ3n) is 2.89. The predicted octanol–water partition coefficient (Wildman–Crippen LogP) is 3.79. The summed E-state index contributed by atoms with van der Waals surface area (Å²) in [6, 6.07) is 4.81. The third-order valence-corrected chi connectivity index (χ3v) is 2.89. The van der Waals surface area contributed by atoms with Crippen LogP contribution in [0.5, 0.6) is 0 Å². The van der Waals surface area contributed by atoms with Crippen LogP contribution in [0.15, 0.2) is 36.5 Å². The molecule has 0 saturated carbocycles. The first kappa shape index (κ1) is 17.6. The summed E-state index contributed by atoms with van der Waals surface area (Å²) < 4.78 is 62.7. The van der Waals surface area contributed by atoms with Gasteiger partial charge in [0.2, 0.25) is 0 Å². The van der Waals surface area contributed by atoms with Gasteiger partial charge in [-0.3, -0.25) is 4.98 Å². The van der Waals surface area contributed by atoms with Crippen molar-refractivity contribution in [1.82, 2.24) is 10.3 Å². The van der Waals surface area contributed by atoms with Crippen LogP contribution in [0, 0.1) is 11.6 Å². The van der Waals surface area contributed by atoms with Gasteiger partial charge in [-0.05, 0) is 29.8 Å². The summed E-state index contributed by atoms with van der Waals surface area (Å²) in [5.74, 6) is -2.16. The smallest absolute Gasteiger partial charge is 0.334 e. The van der Waals surface area contributed by atoms with E-state index in [0.717, 1.165) is 12.1 Å². The van der Waals surface area contributed by atoms with Crippen LogP contribution in [0.3, 0.4) is 0 Å². The molecule has 0 aliphatic heterocycles. The molecule has 4 nitrogen and oxygen atoms in total. The van der Waals surface area contributed by atoms with Crippen molar-refractivity contribution in [3.8, 4) is 0 Å². The van der Waals surface area contributed by atoms with Crippen LogP contribution < -0.4 is 10.6 Å². The first-order valence-electron chi connectivity index (χ1n) is 6.73. The fourth-order valence-corrected chi connectivity index (χ4v) is 1.87. The van der Waals surface area contributed by atoms with E-state index >= 15 is 0 Å². The summed E-state index contributed by atoms with van der Waals surface area (Å²) in [5.41, 5.74) is 0.298. The second-order valence-electron chi connectivity index (χ2n) is 4.88. The monoisotopic (exact) mass is 345 g/mol. The van der Waals surface area contributed by atoms with E-state index in [1.165, 1.54) is 24.4 Å². The Balaban J connectivity index is 1.91. The molecule has 0 fully saturated rings. The van der Waals surface area contributed by atoms with Gasteiger partial charge < -0.3 is 10.6 Å². The Hall–Kier alpha value is -2.71. The van der Waals surface area contributed by atoms with Gasteiger partial charge in [-0.15, -0.1) is 0 Å². The molecule has 1 heterocycles. The highest BCUT2D eigenvalue weighted by Crippen LogP contribution is 2.20. The van der Waals surface area contributed by atoms with Gasteiger partial charge in [0.15, 0.2) is 11.6 Å². The van der Waals surface area contributed by atoms with Gasteiger partial charge in [0.25, 0.3) is 0 Å². The van der Waals surface area contributed by atoms with Gasteiger partial charge in [0, 0.05) is 30.2 Å². The Morgan fingerprint density at radius 3 is 2.50 bits per heavy atom. The molecule has 128 valence electrons. The maximum Gasteiger partial charge on any atom is 0.394 e. The normalized spacial score (nSPS) is 11.2. The van der Waals surface area contributed by atoms with Crippen molar-refractivity contribution in [2.75, 3.05) is 5.32 Å². The number of carbonyl (C=O) groups excluding carboxylic acids is 1. The quantitative estimate of drug-likeness (QED) is 0.829. The van der Waals surface area contributed by atoms with E-state index < -0.39 is 30.3 Å². The largest absolute Gasteiger partial charge is 0.394 e. The number of anilines is 1. The zero-order chi connectivity index (χ0) is 17.7. The van der Waals surface area contributed by atoms with Gasteiger partial charge >= 0.3 is 12.2 Å². The van der Waals surface area contributed by atoms with Crippen molar-refractivity contribution in [2.24, 2.45) is 0 Å². The molecule has 1 aromatic carbocycles. The highest BCUT2D eigenvalue weighted by molar-refractivity contribution is 5.89. The molecule has 0 saturated heterocycles. The zero-order valence-electron chi connectivity index (χ0n) is 12.1. The summed E-state index contributed by atoms with van der Waals surface area (Å²) >= 11 is 0. The highest BCUT2D eigenvalue weighted by atomic mass is 19.4. The molecule has 1 aromatic heterocycles. The summed E-state index contributed by atoms with van der Waals surface area (Å²) in [5, 5.41) is 4.68. The number of benzene rings is 1. The number of pyridine rings is 1. The highest BCUT2D eigenvalue weighted by Gasteiger charge is 2.28. The minimum Gasteiger partial charge on any atom is -0.334 e. The van der Waals surface area contributed by atoms with Crippen molar-refractivity contribution in [3.05, 3.63) is 59.4 Å². The van der Waals surface area contributed by atoms with E-state index in [2.05, 4.69) is 15.6 Å². The summed E-state index contributed by atoms with van der Waals surface area (Å²) in [7, 11) is 0. The minimum atomic E-state index is -4.37. The number of carbonyl (C=O) groups is 1. The molecule has 9 heteroatoms. The molecule has 0 radical (unpaired) electrons. The number of hydrogen-bond acceptors (Lipinski definition) is 2. The maximum absolute atomic E-state index is 13.0. The number of hydrogen-bond donors (Lipinski definition) is 2. The van der Waals surface area contributed by atoms with Crippen LogP contribution in [0.4, 0.5) is 32.4 Å². The van der Waals surface area contributed by atoms with E-state index in [9.17, 15) is 26.7 Å². The van der Waals surface area contributed by atoms with Gasteiger partial charge in [-0.2, -0.15) is 13.2 Å². The van der Waals surface area contributed by atoms with Crippen LogP contribution in [0.25, 0.3) is 0 Å². The topological polar surface area (TPSA) is 54.0 Å². The second kappa shape index (κ2) is 7.24. The SMILES string of the molecule is O=C(NCc1ccnc(CC(F)(F)F)c1)Nc1ccc(F)c(F)c1. The molecule has 2 amide bonds. The molecule has 2 N–H and O–H groups in total. The number of rotatable bonds is 4. The molecule has 0 aliphatic rings. The Kier molecular flexibility index (Phi) is 5.32. The zero-order valence-corrected chi connectivity index (χ0v) is 12.1. The van der Waals surface area contributed by atoms with E-state index in [4.69, 9.17) is 0 Å². The first-order valence-corrected chi connectivity index (χ1v) is 6.73. The Morgan fingerprint density at radius 1 is 1.08 bits per heavy atom. The number of nitrogens with zero attached hydrogens (tertiary/aromatic N) is 1. The van der Waals surface area contributed by atoms with Crippen LogP contribution >= 0.6 is 0 Å². The Bertz CT molecular complexity index is 733. The summed E-state index contributed by atoms with van der Waals surface area (Å²) in [4.78, 5) is 15.3. The van der Waals surface area contributed by atoms with Gasteiger partial charge in [0.1, 0.15) is 0 Å². The van der Waals surface area contributed by atoms with E-state index in [1.54, 1.807) is 0 Å². The molecule has 0 unspecified atom stereocenters. The minimum absolute atomic E-state index is 0.0406. The lowest BCUT2D eigenvalue weighted by Crippen LogP contribution is -2.28.